The molecule has 0 saturated carbocycles. The lowest BCUT2D eigenvalue weighted by Gasteiger charge is -2.27. The zero-order chi connectivity index (χ0) is 13.9. The van der Waals surface area contributed by atoms with Gasteiger partial charge in [-0.3, -0.25) is 5.41 Å². The third-order valence-corrected chi connectivity index (χ3v) is 4.75. The number of nitrogens with zero attached hydrogens (tertiary/aromatic N) is 2. The molecule has 0 unspecified atom stereocenters. The first kappa shape index (κ1) is 13.7. The van der Waals surface area contributed by atoms with E-state index in [4.69, 9.17) is 17.0 Å². The Bertz CT molecular complexity index is 571. The van der Waals surface area contributed by atoms with E-state index in [9.17, 15) is 0 Å². The number of piperidine rings is 1. The second-order valence-electron chi connectivity index (χ2n) is 4.95. The van der Waals surface area contributed by atoms with Crippen LogP contribution in [0.1, 0.15) is 24.8 Å². The molecule has 0 spiro atoms. The number of nitrogens with one attached hydrogen (secondary N) is 1. The maximum atomic E-state index is 8.02. The molecule has 1 aromatic carbocycles. The van der Waals surface area contributed by atoms with Gasteiger partial charge in [-0.1, -0.05) is 23.7 Å². The fourth-order valence-corrected chi connectivity index (χ4v) is 3.46. The molecule has 1 aromatic rings. The van der Waals surface area contributed by atoms with Gasteiger partial charge < -0.3 is 4.90 Å². The summed E-state index contributed by atoms with van der Waals surface area (Å²) in [6, 6.07) is 7.65. The molecule has 1 N–H and O–H groups in total. The Hall–Kier alpha value is -1.26. The molecule has 104 valence electrons. The molecule has 2 heterocycles. The standard InChI is InChI=1S/C15H16ClN3S/c16-12-6-4-11(5-7-12)10-13-14(17)18-15(20-13)19-8-2-1-3-9-19/h4-7,10,17H,1-3,8-9H2/b13-10+,17-14?. The van der Waals surface area contributed by atoms with Gasteiger partial charge in [0, 0.05) is 18.1 Å². The highest BCUT2D eigenvalue weighted by molar-refractivity contribution is 8.18. The van der Waals surface area contributed by atoms with E-state index >= 15 is 0 Å². The monoisotopic (exact) mass is 305 g/mol. The maximum absolute atomic E-state index is 8.02. The van der Waals surface area contributed by atoms with E-state index in [1.165, 1.54) is 19.3 Å². The molecule has 0 radical (unpaired) electrons. The molecule has 3 rings (SSSR count). The van der Waals surface area contributed by atoms with Crippen molar-refractivity contribution in [1.82, 2.24) is 4.90 Å². The zero-order valence-electron chi connectivity index (χ0n) is 11.1. The normalized spacial score (nSPS) is 21.4. The lowest BCUT2D eigenvalue weighted by atomic mass is 10.1. The van der Waals surface area contributed by atoms with Crippen LogP contribution in [0, 0.1) is 5.41 Å². The second-order valence-corrected chi connectivity index (χ2v) is 6.40. The number of halogens is 1. The predicted molar refractivity (Wildman–Crippen MR) is 87.6 cm³/mol. The topological polar surface area (TPSA) is 39.5 Å². The Morgan fingerprint density at radius 2 is 1.85 bits per heavy atom. The van der Waals surface area contributed by atoms with E-state index in [2.05, 4.69) is 9.89 Å². The lowest BCUT2D eigenvalue weighted by Crippen LogP contribution is -2.33. The van der Waals surface area contributed by atoms with Crippen LogP contribution >= 0.6 is 23.4 Å². The Morgan fingerprint density at radius 1 is 1.15 bits per heavy atom. The molecule has 1 saturated heterocycles. The van der Waals surface area contributed by atoms with Crippen molar-refractivity contribution < 1.29 is 0 Å². The predicted octanol–water partition coefficient (Wildman–Crippen LogP) is 4.25. The Morgan fingerprint density at radius 3 is 2.55 bits per heavy atom. The van der Waals surface area contributed by atoms with Crippen LogP contribution in [-0.2, 0) is 0 Å². The van der Waals surface area contributed by atoms with Crippen molar-refractivity contribution in [2.45, 2.75) is 19.3 Å². The molecule has 0 bridgehead atoms. The van der Waals surface area contributed by atoms with E-state index in [0.717, 1.165) is 33.7 Å². The van der Waals surface area contributed by atoms with Crippen LogP contribution in [0.15, 0.2) is 34.2 Å². The van der Waals surface area contributed by atoms with Crippen molar-refractivity contribution in [3.8, 4) is 0 Å². The summed E-state index contributed by atoms with van der Waals surface area (Å²) in [7, 11) is 0. The summed E-state index contributed by atoms with van der Waals surface area (Å²) in [5.74, 6) is 0.366. The van der Waals surface area contributed by atoms with E-state index < -0.39 is 0 Å². The van der Waals surface area contributed by atoms with Crippen LogP contribution in [0.3, 0.4) is 0 Å². The molecule has 1 fully saturated rings. The van der Waals surface area contributed by atoms with Gasteiger partial charge in [-0.25, -0.2) is 4.99 Å². The van der Waals surface area contributed by atoms with Gasteiger partial charge in [0.15, 0.2) is 11.0 Å². The van der Waals surface area contributed by atoms with E-state index in [1.54, 1.807) is 11.8 Å². The molecule has 0 amide bonds. The zero-order valence-corrected chi connectivity index (χ0v) is 12.7. The number of hydrogen-bond acceptors (Lipinski definition) is 3. The Kier molecular flexibility index (Phi) is 4.13. The molecule has 20 heavy (non-hydrogen) atoms. The van der Waals surface area contributed by atoms with Crippen molar-refractivity contribution in [3.63, 3.8) is 0 Å². The number of rotatable bonds is 1. The highest BCUT2D eigenvalue weighted by Gasteiger charge is 2.24. The average Bonchev–Trinajstić information content (AvgIpc) is 2.84. The van der Waals surface area contributed by atoms with Crippen molar-refractivity contribution in [1.29, 1.82) is 5.41 Å². The van der Waals surface area contributed by atoms with Crippen molar-refractivity contribution in [2.24, 2.45) is 4.99 Å². The van der Waals surface area contributed by atoms with Crippen molar-refractivity contribution in [2.75, 3.05) is 13.1 Å². The summed E-state index contributed by atoms with van der Waals surface area (Å²) >= 11 is 7.49. The Balaban J connectivity index is 1.74. The summed E-state index contributed by atoms with van der Waals surface area (Å²) in [6.07, 6.45) is 5.76. The molecule has 0 atom stereocenters. The van der Waals surface area contributed by atoms with Gasteiger partial charge >= 0.3 is 0 Å². The molecule has 5 heteroatoms. The summed E-state index contributed by atoms with van der Waals surface area (Å²) in [5, 5.41) is 9.73. The van der Waals surface area contributed by atoms with E-state index in [1.807, 2.05) is 30.3 Å². The van der Waals surface area contributed by atoms with Gasteiger partial charge in [0.2, 0.25) is 0 Å². The Labute approximate surface area is 128 Å². The van der Waals surface area contributed by atoms with Gasteiger partial charge in [-0.2, -0.15) is 0 Å². The number of aliphatic imine (C=N–C) groups is 1. The first-order valence-electron chi connectivity index (χ1n) is 6.80. The number of benzene rings is 1. The van der Waals surface area contributed by atoms with Crippen LogP contribution < -0.4 is 0 Å². The minimum atomic E-state index is 0.366. The van der Waals surface area contributed by atoms with E-state index in [-0.39, 0.29) is 0 Å². The van der Waals surface area contributed by atoms with Crippen molar-refractivity contribution >= 4 is 40.4 Å². The first-order valence-corrected chi connectivity index (χ1v) is 7.99. The summed E-state index contributed by atoms with van der Waals surface area (Å²) in [5.41, 5.74) is 1.05. The highest BCUT2D eigenvalue weighted by atomic mass is 35.5. The van der Waals surface area contributed by atoms with Crippen LogP contribution in [0.25, 0.3) is 6.08 Å². The number of likely N-dealkylation sites (tertiary alicyclic amines) is 1. The summed E-state index contributed by atoms with van der Waals surface area (Å²) in [6.45, 7) is 2.13. The molecule has 0 aliphatic carbocycles. The van der Waals surface area contributed by atoms with Gasteiger partial charge in [-0.05, 0) is 54.8 Å². The second kappa shape index (κ2) is 6.02. The van der Waals surface area contributed by atoms with Gasteiger partial charge in [0.25, 0.3) is 0 Å². The van der Waals surface area contributed by atoms with Gasteiger partial charge in [0.05, 0.1) is 4.91 Å². The quantitative estimate of drug-likeness (QED) is 0.842. The molecule has 0 aromatic heterocycles. The van der Waals surface area contributed by atoms with Crippen molar-refractivity contribution in [3.05, 3.63) is 39.8 Å². The highest BCUT2D eigenvalue weighted by Crippen LogP contribution is 2.31. The smallest absolute Gasteiger partial charge is 0.171 e. The third-order valence-electron chi connectivity index (χ3n) is 3.44. The maximum Gasteiger partial charge on any atom is 0.171 e. The number of amidine groups is 2. The van der Waals surface area contributed by atoms with E-state index in [0.29, 0.717) is 5.84 Å². The van der Waals surface area contributed by atoms with Crippen LogP contribution in [0.5, 0.6) is 0 Å². The van der Waals surface area contributed by atoms with Gasteiger partial charge in [0.1, 0.15) is 0 Å². The summed E-state index contributed by atoms with van der Waals surface area (Å²) in [4.78, 5) is 7.61. The number of hydrogen-bond donors (Lipinski definition) is 1. The molecular formula is C15H16ClN3S. The third kappa shape index (κ3) is 3.07. The number of thioether (sulfide) groups is 1. The van der Waals surface area contributed by atoms with Gasteiger partial charge in [-0.15, -0.1) is 0 Å². The summed E-state index contributed by atoms with van der Waals surface area (Å²) < 4.78 is 0. The molecular weight excluding hydrogens is 290 g/mol. The molecule has 3 nitrogen and oxygen atoms in total. The van der Waals surface area contributed by atoms with Crippen LogP contribution in [-0.4, -0.2) is 29.0 Å². The first-order chi connectivity index (χ1) is 9.72. The lowest BCUT2D eigenvalue weighted by molar-refractivity contribution is 0.348. The molecule has 2 aliphatic heterocycles. The SMILES string of the molecule is N=C1N=C(N2CCCCC2)S/C1=C/c1ccc(Cl)cc1. The minimum Gasteiger partial charge on any atom is -0.351 e. The minimum absolute atomic E-state index is 0.366. The average molecular weight is 306 g/mol. The molecule has 2 aliphatic rings. The fraction of sp³-hybridized carbons (Fsp3) is 0.333. The van der Waals surface area contributed by atoms with Crippen LogP contribution in [0.2, 0.25) is 5.02 Å². The fourth-order valence-electron chi connectivity index (χ4n) is 2.35. The largest absolute Gasteiger partial charge is 0.351 e. The van der Waals surface area contributed by atoms with Crippen LogP contribution in [0.4, 0.5) is 0 Å².